The first-order valence-electron chi connectivity index (χ1n) is 8.52. The number of thiophene rings is 2. The van der Waals surface area contributed by atoms with E-state index in [-0.39, 0.29) is 18.7 Å². The molecule has 0 bridgehead atoms. The molecule has 0 radical (unpaired) electrons. The fourth-order valence-corrected chi connectivity index (χ4v) is 4.44. The molecule has 4 rings (SSSR count). The van der Waals surface area contributed by atoms with Crippen LogP contribution in [-0.4, -0.2) is 27.4 Å². The maximum atomic E-state index is 13.0. The molecule has 0 saturated carbocycles. The highest BCUT2D eigenvalue weighted by molar-refractivity contribution is 7.17. The Morgan fingerprint density at radius 1 is 1.15 bits per heavy atom. The van der Waals surface area contributed by atoms with Gasteiger partial charge in [0, 0.05) is 15.8 Å². The smallest absolute Gasteiger partial charge is 0.262 e. The minimum absolute atomic E-state index is 0.141. The van der Waals surface area contributed by atoms with Gasteiger partial charge in [-0.3, -0.25) is 9.36 Å². The fourth-order valence-electron chi connectivity index (χ4n) is 2.90. The molecular formula is C20H18N2O3S2. The Labute approximate surface area is 164 Å². The molecule has 138 valence electrons. The zero-order valence-electron chi connectivity index (χ0n) is 14.4. The van der Waals surface area contributed by atoms with E-state index < -0.39 is 6.10 Å². The lowest BCUT2D eigenvalue weighted by atomic mass is 10.1. The molecule has 0 spiro atoms. The van der Waals surface area contributed by atoms with Gasteiger partial charge in [-0.2, -0.15) is 0 Å². The predicted octanol–water partition coefficient (Wildman–Crippen LogP) is 3.76. The number of aliphatic hydroxyl groups excluding tert-OH is 1. The lowest BCUT2D eigenvalue weighted by molar-refractivity contribution is 0.0207. The van der Waals surface area contributed by atoms with E-state index in [1.807, 2.05) is 53.2 Å². The van der Waals surface area contributed by atoms with Crippen LogP contribution in [0, 0.1) is 0 Å². The van der Waals surface area contributed by atoms with Crippen LogP contribution in [0.2, 0.25) is 0 Å². The summed E-state index contributed by atoms with van der Waals surface area (Å²) in [7, 11) is 0. The van der Waals surface area contributed by atoms with Crippen LogP contribution >= 0.6 is 22.7 Å². The third-order valence-electron chi connectivity index (χ3n) is 4.19. The summed E-state index contributed by atoms with van der Waals surface area (Å²) in [4.78, 5) is 19.2. The van der Waals surface area contributed by atoms with Crippen LogP contribution in [0.25, 0.3) is 21.3 Å². The van der Waals surface area contributed by atoms with Crippen molar-refractivity contribution < 1.29 is 9.84 Å². The van der Waals surface area contributed by atoms with Gasteiger partial charge in [0.05, 0.1) is 37.6 Å². The number of fused-ring (bicyclic) bond motifs is 1. The summed E-state index contributed by atoms with van der Waals surface area (Å²) in [5.41, 5.74) is 1.73. The minimum atomic E-state index is -0.777. The summed E-state index contributed by atoms with van der Waals surface area (Å²) in [6, 6.07) is 13.7. The van der Waals surface area contributed by atoms with Crippen LogP contribution in [0.3, 0.4) is 0 Å². The fraction of sp³-hybridized carbons (Fsp3) is 0.200. The molecule has 7 heteroatoms. The highest BCUT2D eigenvalue weighted by Gasteiger charge is 2.15. The molecule has 27 heavy (non-hydrogen) atoms. The van der Waals surface area contributed by atoms with Crippen LogP contribution < -0.4 is 5.56 Å². The maximum absolute atomic E-state index is 13.0. The van der Waals surface area contributed by atoms with Crippen molar-refractivity contribution in [2.45, 2.75) is 19.3 Å². The standard InChI is InChI=1S/C20H18N2O3S2/c23-15(10-25-11-16-7-4-8-26-16)9-22-13-21-19-18(20(22)24)17(12-27-19)14-5-2-1-3-6-14/h1-8,12-13,15,23H,9-11H2/t15-/m1/s1. The molecule has 0 saturated heterocycles. The lowest BCUT2D eigenvalue weighted by Crippen LogP contribution is -2.29. The van der Waals surface area contributed by atoms with Crippen LogP contribution in [0.4, 0.5) is 0 Å². The van der Waals surface area contributed by atoms with Crippen LogP contribution in [0.15, 0.2) is 64.3 Å². The summed E-state index contributed by atoms with van der Waals surface area (Å²) in [5, 5.41) is 14.8. The van der Waals surface area contributed by atoms with E-state index in [9.17, 15) is 9.90 Å². The minimum Gasteiger partial charge on any atom is -0.389 e. The number of aromatic nitrogens is 2. The number of nitrogens with zero attached hydrogens (tertiary/aromatic N) is 2. The topological polar surface area (TPSA) is 64.4 Å². The van der Waals surface area contributed by atoms with E-state index >= 15 is 0 Å². The number of hydrogen-bond donors (Lipinski definition) is 1. The third-order valence-corrected chi connectivity index (χ3v) is 5.92. The van der Waals surface area contributed by atoms with Crippen molar-refractivity contribution in [1.82, 2.24) is 9.55 Å². The highest BCUT2D eigenvalue weighted by Crippen LogP contribution is 2.30. The largest absolute Gasteiger partial charge is 0.389 e. The molecule has 1 aromatic carbocycles. The highest BCUT2D eigenvalue weighted by atomic mass is 32.1. The Hall–Kier alpha value is -2.32. The van der Waals surface area contributed by atoms with Gasteiger partial charge in [0.15, 0.2) is 0 Å². The second kappa shape index (κ2) is 8.14. The molecule has 0 unspecified atom stereocenters. The van der Waals surface area contributed by atoms with Gasteiger partial charge in [0.1, 0.15) is 4.83 Å². The predicted molar refractivity (Wildman–Crippen MR) is 109 cm³/mol. The molecule has 0 aliphatic rings. The van der Waals surface area contributed by atoms with Crippen molar-refractivity contribution in [2.75, 3.05) is 6.61 Å². The van der Waals surface area contributed by atoms with E-state index in [1.165, 1.54) is 22.2 Å². The van der Waals surface area contributed by atoms with Gasteiger partial charge in [-0.25, -0.2) is 4.98 Å². The summed E-state index contributed by atoms with van der Waals surface area (Å²) >= 11 is 3.06. The van der Waals surface area contributed by atoms with Crippen molar-refractivity contribution >= 4 is 32.9 Å². The maximum Gasteiger partial charge on any atom is 0.262 e. The van der Waals surface area contributed by atoms with Crippen molar-refractivity contribution in [1.29, 1.82) is 0 Å². The number of rotatable bonds is 7. The number of hydrogen-bond acceptors (Lipinski definition) is 6. The first-order valence-corrected chi connectivity index (χ1v) is 10.3. The van der Waals surface area contributed by atoms with Gasteiger partial charge in [-0.15, -0.1) is 22.7 Å². The van der Waals surface area contributed by atoms with Crippen LogP contribution in [0.5, 0.6) is 0 Å². The molecule has 3 heterocycles. The Bertz CT molecular complexity index is 1070. The second-order valence-electron chi connectivity index (χ2n) is 6.15. The summed E-state index contributed by atoms with van der Waals surface area (Å²) in [5.74, 6) is 0. The Morgan fingerprint density at radius 3 is 2.78 bits per heavy atom. The Kier molecular flexibility index (Phi) is 5.45. The second-order valence-corrected chi connectivity index (χ2v) is 8.04. The van der Waals surface area contributed by atoms with E-state index in [1.54, 1.807) is 11.3 Å². The zero-order valence-corrected chi connectivity index (χ0v) is 16.1. The van der Waals surface area contributed by atoms with Crippen LogP contribution in [0.1, 0.15) is 4.88 Å². The quantitative estimate of drug-likeness (QED) is 0.515. The van der Waals surface area contributed by atoms with Crippen LogP contribution in [-0.2, 0) is 17.9 Å². The number of aliphatic hydroxyl groups is 1. The SMILES string of the molecule is O=c1c2c(-c3ccccc3)csc2ncn1C[C@@H](O)COCc1cccs1. The molecule has 4 aromatic rings. The average molecular weight is 399 g/mol. The summed E-state index contributed by atoms with van der Waals surface area (Å²) in [6.45, 7) is 0.775. The van der Waals surface area contributed by atoms with Gasteiger partial charge in [0.2, 0.25) is 0 Å². The number of ether oxygens (including phenoxy) is 1. The molecule has 1 atom stereocenters. The van der Waals surface area contributed by atoms with E-state index in [0.717, 1.165) is 16.0 Å². The molecule has 0 aliphatic carbocycles. The van der Waals surface area contributed by atoms with E-state index in [2.05, 4.69) is 4.98 Å². The van der Waals surface area contributed by atoms with Gasteiger partial charge < -0.3 is 9.84 Å². The summed E-state index contributed by atoms with van der Waals surface area (Å²) in [6.07, 6.45) is 0.721. The molecule has 0 aliphatic heterocycles. The molecule has 1 N–H and O–H groups in total. The number of benzene rings is 1. The van der Waals surface area contributed by atoms with E-state index in [4.69, 9.17) is 4.74 Å². The summed E-state index contributed by atoms with van der Waals surface area (Å²) < 4.78 is 7.00. The van der Waals surface area contributed by atoms with Gasteiger partial charge >= 0.3 is 0 Å². The first-order chi connectivity index (χ1) is 13.2. The molecule has 0 amide bonds. The molecule has 3 aromatic heterocycles. The first kappa shape index (κ1) is 18.1. The normalized spacial score (nSPS) is 12.5. The van der Waals surface area contributed by atoms with E-state index in [0.29, 0.717) is 16.8 Å². The van der Waals surface area contributed by atoms with Crippen molar-refractivity contribution in [3.63, 3.8) is 0 Å². The molecular weight excluding hydrogens is 380 g/mol. The van der Waals surface area contributed by atoms with Crippen molar-refractivity contribution in [3.8, 4) is 11.1 Å². The Balaban J connectivity index is 1.52. The zero-order chi connectivity index (χ0) is 18.6. The third kappa shape index (κ3) is 4.01. The lowest BCUT2D eigenvalue weighted by Gasteiger charge is -2.13. The monoisotopic (exact) mass is 398 g/mol. The van der Waals surface area contributed by atoms with Crippen molar-refractivity contribution in [2.24, 2.45) is 0 Å². The van der Waals surface area contributed by atoms with Gasteiger partial charge in [-0.1, -0.05) is 36.4 Å². The molecule has 0 fully saturated rings. The van der Waals surface area contributed by atoms with Gasteiger partial charge in [-0.05, 0) is 17.0 Å². The Morgan fingerprint density at radius 2 is 2.00 bits per heavy atom. The average Bonchev–Trinajstić information content (AvgIpc) is 3.35. The van der Waals surface area contributed by atoms with Gasteiger partial charge in [0.25, 0.3) is 5.56 Å². The molecule has 5 nitrogen and oxygen atoms in total. The van der Waals surface area contributed by atoms with Crippen molar-refractivity contribution in [3.05, 3.63) is 74.8 Å².